The molecule has 0 bridgehead atoms. The Balaban J connectivity index is 1.75. The Labute approximate surface area is 148 Å². The Morgan fingerprint density at radius 1 is 1.28 bits per heavy atom. The van der Waals surface area contributed by atoms with Crippen LogP contribution in [0.1, 0.15) is 26.6 Å². The van der Waals surface area contributed by atoms with Gasteiger partial charge in [-0.1, -0.05) is 28.1 Å². The second-order valence-corrected chi connectivity index (χ2v) is 6.99. The van der Waals surface area contributed by atoms with Crippen LogP contribution in [0.25, 0.3) is 11.0 Å². The summed E-state index contributed by atoms with van der Waals surface area (Å²) >= 11 is 1.16. The predicted octanol–water partition coefficient (Wildman–Crippen LogP) is 2.78. The van der Waals surface area contributed by atoms with E-state index in [4.69, 9.17) is 4.52 Å². The van der Waals surface area contributed by atoms with Crippen molar-refractivity contribution < 1.29 is 14.1 Å². The van der Waals surface area contributed by atoms with E-state index in [1.54, 1.807) is 21.0 Å². The first-order valence-corrected chi connectivity index (χ1v) is 8.50. The van der Waals surface area contributed by atoms with Crippen molar-refractivity contribution in [2.75, 3.05) is 19.4 Å². The summed E-state index contributed by atoms with van der Waals surface area (Å²) in [6.07, 6.45) is 0.0754. The lowest BCUT2D eigenvalue weighted by atomic mass is 10.1. The number of aryl methyl sites for hydroxylation is 2. The Bertz CT molecular complexity index is 958. The van der Waals surface area contributed by atoms with E-state index in [2.05, 4.69) is 15.5 Å². The third kappa shape index (κ3) is 3.53. The molecule has 1 aromatic carbocycles. The van der Waals surface area contributed by atoms with E-state index in [1.807, 2.05) is 25.1 Å². The maximum absolute atomic E-state index is 12.3. The summed E-state index contributed by atoms with van der Waals surface area (Å²) in [4.78, 5) is 30.6. The van der Waals surface area contributed by atoms with Gasteiger partial charge in [0.05, 0.1) is 12.1 Å². The molecule has 0 aliphatic carbocycles. The van der Waals surface area contributed by atoms with Gasteiger partial charge >= 0.3 is 0 Å². The molecule has 2 aromatic heterocycles. The van der Waals surface area contributed by atoms with Gasteiger partial charge in [0.1, 0.15) is 10.6 Å². The monoisotopic (exact) mass is 358 g/mol. The summed E-state index contributed by atoms with van der Waals surface area (Å²) in [5.41, 5.74) is 2.90. The highest BCUT2D eigenvalue weighted by Crippen LogP contribution is 2.24. The van der Waals surface area contributed by atoms with Gasteiger partial charge in [0.25, 0.3) is 5.91 Å². The van der Waals surface area contributed by atoms with Crippen LogP contribution < -0.4 is 5.32 Å². The average Bonchev–Trinajstić information content (AvgIpc) is 3.10. The van der Waals surface area contributed by atoms with Crippen LogP contribution in [-0.2, 0) is 11.2 Å². The van der Waals surface area contributed by atoms with Crippen LogP contribution in [0.3, 0.4) is 0 Å². The quantitative estimate of drug-likeness (QED) is 0.775. The lowest BCUT2D eigenvalue weighted by molar-refractivity contribution is -0.115. The maximum Gasteiger partial charge on any atom is 0.265 e. The predicted molar refractivity (Wildman–Crippen MR) is 95.9 cm³/mol. The van der Waals surface area contributed by atoms with Crippen molar-refractivity contribution in [2.45, 2.75) is 20.3 Å². The van der Waals surface area contributed by atoms with Crippen molar-refractivity contribution in [3.05, 3.63) is 40.0 Å². The number of hydrogen-bond donors (Lipinski definition) is 1. The highest BCUT2D eigenvalue weighted by molar-refractivity contribution is 7.17. The molecule has 0 aliphatic rings. The molecule has 0 saturated heterocycles. The third-order valence-corrected chi connectivity index (χ3v) is 4.73. The van der Waals surface area contributed by atoms with Gasteiger partial charge in [-0.3, -0.25) is 9.59 Å². The molecule has 8 heteroatoms. The van der Waals surface area contributed by atoms with Gasteiger partial charge in [-0.15, -0.1) is 0 Å². The molecule has 0 radical (unpaired) electrons. The molecule has 0 aliphatic heterocycles. The van der Waals surface area contributed by atoms with Crippen molar-refractivity contribution in [1.29, 1.82) is 0 Å². The molecule has 3 rings (SSSR count). The normalized spacial score (nSPS) is 10.9. The molecule has 25 heavy (non-hydrogen) atoms. The van der Waals surface area contributed by atoms with E-state index in [-0.39, 0.29) is 18.2 Å². The standard InChI is InChI=1S/C17H18N4O3S/c1-9-5-6-13-11(7-9)12(20-24-13)8-14(22)19-17-18-10(2)15(25-17)16(23)21(3)4/h5-7H,8H2,1-4H3,(H,18,19,22). The minimum Gasteiger partial charge on any atom is -0.356 e. The minimum atomic E-state index is -0.255. The number of nitrogens with zero attached hydrogens (tertiary/aromatic N) is 3. The average molecular weight is 358 g/mol. The molecule has 2 heterocycles. The number of benzene rings is 1. The molecule has 130 valence electrons. The van der Waals surface area contributed by atoms with Gasteiger partial charge in [-0.2, -0.15) is 0 Å². The second-order valence-electron chi connectivity index (χ2n) is 5.99. The molecule has 1 N–H and O–H groups in total. The minimum absolute atomic E-state index is 0.0754. The Hall–Kier alpha value is -2.74. The van der Waals surface area contributed by atoms with E-state index in [0.29, 0.717) is 27.0 Å². The van der Waals surface area contributed by atoms with Crippen molar-refractivity contribution >= 4 is 39.3 Å². The number of thiazole rings is 1. The van der Waals surface area contributed by atoms with Gasteiger partial charge in [0, 0.05) is 19.5 Å². The fourth-order valence-corrected chi connectivity index (χ4v) is 3.40. The highest BCUT2D eigenvalue weighted by atomic mass is 32.1. The van der Waals surface area contributed by atoms with Crippen LogP contribution in [0.15, 0.2) is 22.7 Å². The zero-order chi connectivity index (χ0) is 18.1. The Morgan fingerprint density at radius 3 is 2.76 bits per heavy atom. The first kappa shape index (κ1) is 17.1. The molecule has 0 saturated carbocycles. The lowest BCUT2D eigenvalue weighted by Gasteiger charge is -2.07. The summed E-state index contributed by atoms with van der Waals surface area (Å²) in [6.45, 7) is 3.72. The molecule has 0 atom stereocenters. The van der Waals surface area contributed by atoms with Gasteiger partial charge in [-0.05, 0) is 26.0 Å². The van der Waals surface area contributed by atoms with E-state index in [9.17, 15) is 9.59 Å². The molecule has 0 unspecified atom stereocenters. The number of amides is 2. The highest BCUT2D eigenvalue weighted by Gasteiger charge is 2.19. The maximum atomic E-state index is 12.3. The second kappa shape index (κ2) is 6.64. The molecule has 7 nitrogen and oxygen atoms in total. The van der Waals surface area contributed by atoms with Crippen molar-refractivity contribution in [2.24, 2.45) is 0 Å². The summed E-state index contributed by atoms with van der Waals surface area (Å²) in [7, 11) is 3.36. The molecule has 2 amide bonds. The zero-order valence-electron chi connectivity index (χ0n) is 14.4. The van der Waals surface area contributed by atoms with E-state index in [1.165, 1.54) is 4.90 Å². The summed E-state index contributed by atoms with van der Waals surface area (Å²) in [6, 6.07) is 5.71. The first-order chi connectivity index (χ1) is 11.8. The Kier molecular flexibility index (Phi) is 4.54. The zero-order valence-corrected chi connectivity index (χ0v) is 15.2. The van der Waals surface area contributed by atoms with Crippen molar-refractivity contribution in [3.63, 3.8) is 0 Å². The number of aromatic nitrogens is 2. The van der Waals surface area contributed by atoms with Crippen LogP contribution in [0.4, 0.5) is 5.13 Å². The van der Waals surface area contributed by atoms with Gasteiger partial charge in [-0.25, -0.2) is 4.98 Å². The lowest BCUT2D eigenvalue weighted by Crippen LogP contribution is -2.21. The first-order valence-electron chi connectivity index (χ1n) is 7.69. The number of hydrogen-bond acceptors (Lipinski definition) is 6. The van der Waals surface area contributed by atoms with Crippen LogP contribution in [0.2, 0.25) is 0 Å². The number of nitrogens with one attached hydrogen (secondary N) is 1. The van der Waals surface area contributed by atoms with Crippen LogP contribution in [0.5, 0.6) is 0 Å². The molecular formula is C17H18N4O3S. The van der Waals surface area contributed by atoms with Crippen molar-refractivity contribution in [3.8, 4) is 0 Å². The number of carbonyl (C=O) groups excluding carboxylic acids is 2. The Morgan fingerprint density at radius 2 is 2.04 bits per heavy atom. The van der Waals surface area contributed by atoms with E-state index in [0.717, 1.165) is 22.3 Å². The third-order valence-electron chi connectivity index (χ3n) is 3.67. The topological polar surface area (TPSA) is 88.3 Å². The largest absolute Gasteiger partial charge is 0.356 e. The smallest absolute Gasteiger partial charge is 0.265 e. The molecular weight excluding hydrogens is 340 g/mol. The number of anilines is 1. The van der Waals surface area contributed by atoms with E-state index >= 15 is 0 Å². The van der Waals surface area contributed by atoms with Crippen molar-refractivity contribution in [1.82, 2.24) is 15.0 Å². The van der Waals surface area contributed by atoms with E-state index < -0.39 is 0 Å². The number of rotatable bonds is 4. The van der Waals surface area contributed by atoms with Crippen LogP contribution in [0, 0.1) is 13.8 Å². The summed E-state index contributed by atoms with van der Waals surface area (Å²) in [5.74, 6) is -0.386. The molecule has 3 aromatic rings. The fraction of sp³-hybridized carbons (Fsp3) is 0.294. The number of carbonyl (C=O) groups is 2. The molecule has 0 fully saturated rings. The van der Waals surface area contributed by atoms with Gasteiger partial charge in [0.2, 0.25) is 5.91 Å². The van der Waals surface area contributed by atoms with Gasteiger partial charge in [0.15, 0.2) is 10.7 Å². The SMILES string of the molecule is Cc1ccc2onc(CC(=O)Nc3nc(C)c(C(=O)N(C)C)s3)c2c1. The fourth-order valence-electron chi connectivity index (χ4n) is 2.40. The molecule has 0 spiro atoms. The van der Waals surface area contributed by atoms with Gasteiger partial charge < -0.3 is 14.7 Å². The summed E-state index contributed by atoms with van der Waals surface area (Å²) in [5, 5.41) is 7.94. The summed E-state index contributed by atoms with van der Waals surface area (Å²) < 4.78 is 5.24. The van der Waals surface area contributed by atoms with Crippen LogP contribution >= 0.6 is 11.3 Å². The van der Waals surface area contributed by atoms with Crippen LogP contribution in [-0.4, -0.2) is 41.0 Å². The number of fused-ring (bicyclic) bond motifs is 1.